The number of nitrogens with two attached hydrogens (primary N) is 1. The summed E-state index contributed by atoms with van der Waals surface area (Å²) in [6.45, 7) is 0. The first-order chi connectivity index (χ1) is 5.13. The highest BCUT2D eigenvalue weighted by Crippen LogP contribution is 2.17. The second kappa shape index (κ2) is 4.08. The molecule has 0 spiro atoms. The fourth-order valence-electron chi connectivity index (χ4n) is 0.533. The van der Waals surface area contributed by atoms with E-state index < -0.39 is 5.97 Å². The minimum Gasteiger partial charge on any atom is -0.476 e. The zero-order valence-electron chi connectivity index (χ0n) is 5.69. The molecule has 0 saturated heterocycles. The van der Waals surface area contributed by atoms with Crippen LogP contribution >= 0.6 is 24.0 Å². The SMILES string of the molecule is Cl.Nc1ncnc(C(=O)O)c1Cl. The molecular weight excluding hydrogens is 205 g/mol. The number of hydrogen-bond acceptors (Lipinski definition) is 4. The molecule has 0 aromatic carbocycles. The summed E-state index contributed by atoms with van der Waals surface area (Å²) in [7, 11) is 0. The van der Waals surface area contributed by atoms with E-state index >= 15 is 0 Å². The Morgan fingerprint density at radius 3 is 2.58 bits per heavy atom. The first-order valence-electron chi connectivity index (χ1n) is 2.62. The van der Waals surface area contributed by atoms with E-state index in [0.29, 0.717) is 0 Å². The lowest BCUT2D eigenvalue weighted by Crippen LogP contribution is -2.04. The number of halogens is 2. The van der Waals surface area contributed by atoms with E-state index in [4.69, 9.17) is 22.4 Å². The number of aromatic carboxylic acids is 1. The van der Waals surface area contributed by atoms with Crippen molar-refractivity contribution in [2.24, 2.45) is 0 Å². The summed E-state index contributed by atoms with van der Waals surface area (Å²) in [5.41, 5.74) is 4.93. The monoisotopic (exact) mass is 209 g/mol. The number of anilines is 1. The van der Waals surface area contributed by atoms with Gasteiger partial charge in [-0.3, -0.25) is 0 Å². The largest absolute Gasteiger partial charge is 0.476 e. The molecule has 0 radical (unpaired) electrons. The molecular formula is C5H5Cl2N3O2. The molecule has 0 aliphatic carbocycles. The van der Waals surface area contributed by atoms with Gasteiger partial charge in [-0.25, -0.2) is 14.8 Å². The van der Waals surface area contributed by atoms with Crippen LogP contribution in [-0.4, -0.2) is 21.0 Å². The van der Waals surface area contributed by atoms with Crippen LogP contribution in [0.1, 0.15) is 10.5 Å². The topological polar surface area (TPSA) is 89.1 Å². The molecule has 1 aromatic heterocycles. The number of carbonyl (C=O) groups is 1. The Kier molecular flexibility index (Phi) is 3.72. The summed E-state index contributed by atoms with van der Waals surface area (Å²) in [6.07, 6.45) is 1.05. The summed E-state index contributed by atoms with van der Waals surface area (Å²) in [5, 5.41) is 8.33. The summed E-state index contributed by atoms with van der Waals surface area (Å²) < 4.78 is 0. The Morgan fingerprint density at radius 2 is 2.17 bits per heavy atom. The molecule has 1 rings (SSSR count). The maximum absolute atomic E-state index is 10.3. The third-order valence-electron chi connectivity index (χ3n) is 1.02. The van der Waals surface area contributed by atoms with Crippen LogP contribution in [-0.2, 0) is 0 Å². The first-order valence-corrected chi connectivity index (χ1v) is 3.00. The molecule has 0 aliphatic heterocycles. The highest BCUT2D eigenvalue weighted by Gasteiger charge is 2.12. The van der Waals surface area contributed by atoms with Gasteiger partial charge in [0.1, 0.15) is 17.2 Å². The van der Waals surface area contributed by atoms with Gasteiger partial charge in [-0.1, -0.05) is 11.6 Å². The molecule has 0 atom stereocenters. The molecule has 0 bridgehead atoms. The fourth-order valence-corrected chi connectivity index (χ4v) is 0.711. The van der Waals surface area contributed by atoms with Crippen LogP contribution in [0.5, 0.6) is 0 Å². The molecule has 12 heavy (non-hydrogen) atoms. The van der Waals surface area contributed by atoms with Crippen LogP contribution in [0.2, 0.25) is 5.02 Å². The smallest absolute Gasteiger partial charge is 0.356 e. The standard InChI is InChI=1S/C5H4ClN3O2.ClH/c6-2-3(5(10)11)8-1-9-4(2)7;/h1H,(H,10,11)(H2,7,8,9);1H. The van der Waals surface area contributed by atoms with E-state index in [0.717, 1.165) is 6.33 Å². The van der Waals surface area contributed by atoms with Gasteiger partial charge in [-0.05, 0) is 0 Å². The third kappa shape index (κ3) is 1.96. The molecule has 0 unspecified atom stereocenters. The maximum atomic E-state index is 10.3. The van der Waals surface area contributed by atoms with Gasteiger partial charge in [0, 0.05) is 0 Å². The lowest BCUT2D eigenvalue weighted by atomic mass is 10.4. The minimum absolute atomic E-state index is 0. The molecule has 66 valence electrons. The van der Waals surface area contributed by atoms with Crippen LogP contribution in [0.3, 0.4) is 0 Å². The van der Waals surface area contributed by atoms with Crippen molar-refractivity contribution in [2.45, 2.75) is 0 Å². The quantitative estimate of drug-likeness (QED) is 0.716. The third-order valence-corrected chi connectivity index (χ3v) is 1.39. The van der Waals surface area contributed by atoms with E-state index in [2.05, 4.69) is 9.97 Å². The van der Waals surface area contributed by atoms with Gasteiger partial charge in [0.25, 0.3) is 0 Å². The normalized spacial score (nSPS) is 8.75. The van der Waals surface area contributed by atoms with Gasteiger partial charge >= 0.3 is 5.97 Å². The fraction of sp³-hybridized carbons (Fsp3) is 0. The Labute approximate surface area is 79.0 Å². The molecule has 3 N–H and O–H groups in total. The van der Waals surface area contributed by atoms with Crippen molar-refractivity contribution >= 4 is 35.8 Å². The lowest BCUT2D eigenvalue weighted by molar-refractivity contribution is 0.0690. The zero-order chi connectivity index (χ0) is 8.43. The van der Waals surface area contributed by atoms with Crippen LogP contribution in [0, 0.1) is 0 Å². The van der Waals surface area contributed by atoms with E-state index in [1.807, 2.05) is 0 Å². The van der Waals surface area contributed by atoms with Gasteiger partial charge in [-0.2, -0.15) is 0 Å². The van der Waals surface area contributed by atoms with Crippen molar-refractivity contribution in [3.63, 3.8) is 0 Å². The molecule has 0 fully saturated rings. The van der Waals surface area contributed by atoms with Crippen molar-refractivity contribution in [1.29, 1.82) is 0 Å². The summed E-state index contributed by atoms with van der Waals surface area (Å²) >= 11 is 5.46. The number of carboxylic acid groups (broad SMARTS) is 1. The van der Waals surface area contributed by atoms with Gasteiger partial charge in [0.05, 0.1) is 0 Å². The van der Waals surface area contributed by atoms with Crippen LogP contribution in [0.4, 0.5) is 5.82 Å². The number of rotatable bonds is 1. The second-order valence-corrected chi connectivity index (χ2v) is 2.10. The summed E-state index contributed by atoms with van der Waals surface area (Å²) in [6, 6.07) is 0. The average Bonchev–Trinajstić information content (AvgIpc) is 1.94. The number of carboxylic acids is 1. The molecule has 0 amide bonds. The number of nitrogen functional groups attached to an aromatic ring is 1. The summed E-state index contributed by atoms with van der Waals surface area (Å²) in [4.78, 5) is 17.3. The van der Waals surface area contributed by atoms with E-state index in [9.17, 15) is 4.79 Å². The van der Waals surface area contributed by atoms with Crippen molar-refractivity contribution in [3.8, 4) is 0 Å². The Balaban J connectivity index is 0.00000121. The zero-order valence-corrected chi connectivity index (χ0v) is 7.26. The number of hydrogen-bond donors (Lipinski definition) is 2. The van der Waals surface area contributed by atoms with Crippen molar-refractivity contribution in [2.75, 3.05) is 5.73 Å². The van der Waals surface area contributed by atoms with E-state index in [-0.39, 0.29) is 28.9 Å². The van der Waals surface area contributed by atoms with E-state index in [1.165, 1.54) is 0 Å². The Bertz CT molecular complexity index is 305. The summed E-state index contributed by atoms with van der Waals surface area (Å²) in [5.74, 6) is -1.25. The molecule has 1 heterocycles. The minimum atomic E-state index is -1.22. The Morgan fingerprint density at radius 1 is 1.58 bits per heavy atom. The maximum Gasteiger partial charge on any atom is 0.356 e. The first kappa shape index (κ1) is 10.9. The Hall–Kier alpha value is -1.07. The van der Waals surface area contributed by atoms with Gasteiger partial charge in [0.2, 0.25) is 0 Å². The molecule has 1 aromatic rings. The van der Waals surface area contributed by atoms with Crippen LogP contribution in [0.25, 0.3) is 0 Å². The van der Waals surface area contributed by atoms with Crippen molar-refractivity contribution in [3.05, 3.63) is 17.0 Å². The molecule has 7 heteroatoms. The van der Waals surface area contributed by atoms with Gasteiger partial charge in [-0.15, -0.1) is 12.4 Å². The molecule has 5 nitrogen and oxygen atoms in total. The molecule has 0 saturated carbocycles. The predicted molar refractivity (Wildman–Crippen MR) is 45.7 cm³/mol. The van der Waals surface area contributed by atoms with Crippen LogP contribution in [0.15, 0.2) is 6.33 Å². The highest BCUT2D eigenvalue weighted by molar-refractivity contribution is 6.35. The van der Waals surface area contributed by atoms with Gasteiger partial charge < -0.3 is 10.8 Å². The van der Waals surface area contributed by atoms with Crippen molar-refractivity contribution in [1.82, 2.24) is 9.97 Å². The lowest BCUT2D eigenvalue weighted by Gasteiger charge is -1.97. The number of nitrogens with zero attached hydrogens (tertiary/aromatic N) is 2. The highest BCUT2D eigenvalue weighted by atomic mass is 35.5. The number of aromatic nitrogens is 2. The van der Waals surface area contributed by atoms with E-state index in [1.54, 1.807) is 0 Å². The average molecular weight is 210 g/mol. The van der Waals surface area contributed by atoms with Gasteiger partial charge in [0.15, 0.2) is 5.69 Å². The predicted octanol–water partition coefficient (Wildman–Crippen LogP) is 0.832. The van der Waals surface area contributed by atoms with Crippen LogP contribution < -0.4 is 5.73 Å². The molecule has 0 aliphatic rings. The second-order valence-electron chi connectivity index (χ2n) is 1.73. The van der Waals surface area contributed by atoms with Crippen molar-refractivity contribution < 1.29 is 9.90 Å².